The van der Waals surface area contributed by atoms with E-state index in [0.29, 0.717) is 46.4 Å². The molecule has 0 aliphatic carbocycles. The number of pyridine rings is 2. The Morgan fingerprint density at radius 1 is 0.767 bits per heavy atom. The number of hydrogen-bond donors (Lipinski definition) is 0. The minimum Gasteiger partial charge on any atom is -0.354 e. The lowest BCUT2D eigenvalue weighted by molar-refractivity contribution is 0.100. The quantitative estimate of drug-likeness (QED) is 0.297. The minimum absolute atomic E-state index is 0.0157. The molecular formula is C26H27Cl2FN6O6S2. The Kier molecular flexibility index (Phi) is 8.46. The van der Waals surface area contributed by atoms with Gasteiger partial charge in [0.2, 0.25) is 0 Å². The highest BCUT2D eigenvalue weighted by atomic mass is 35.5. The largest absolute Gasteiger partial charge is 0.354 e. The van der Waals surface area contributed by atoms with Crippen molar-refractivity contribution in [2.24, 2.45) is 0 Å². The van der Waals surface area contributed by atoms with Gasteiger partial charge in [0.15, 0.2) is 37.1 Å². The minimum atomic E-state index is -3.07. The monoisotopic (exact) mass is 672 g/mol. The van der Waals surface area contributed by atoms with Crippen LogP contribution in [-0.2, 0) is 19.7 Å². The molecule has 12 nitrogen and oxygen atoms in total. The number of fused-ring (bicyclic) bond motifs is 2. The van der Waals surface area contributed by atoms with Crippen LogP contribution in [-0.4, -0.2) is 96.8 Å². The fourth-order valence-electron chi connectivity index (χ4n) is 5.09. The van der Waals surface area contributed by atoms with Gasteiger partial charge in [-0.3, -0.25) is 9.59 Å². The summed E-state index contributed by atoms with van der Waals surface area (Å²) in [6, 6.07) is 4.79. The van der Waals surface area contributed by atoms with Crippen LogP contribution in [0.1, 0.15) is 34.6 Å². The number of carbonyl (C=O) groups excluding carboxylic acids is 2. The van der Waals surface area contributed by atoms with E-state index >= 15 is 0 Å². The van der Waals surface area contributed by atoms with E-state index in [1.54, 1.807) is 27.7 Å². The summed E-state index contributed by atoms with van der Waals surface area (Å²) in [5.74, 6) is 0.154. The molecule has 0 spiro atoms. The molecule has 43 heavy (non-hydrogen) atoms. The molecule has 6 rings (SSSR count). The molecule has 6 heterocycles. The van der Waals surface area contributed by atoms with Gasteiger partial charge in [-0.1, -0.05) is 23.2 Å². The van der Waals surface area contributed by atoms with Gasteiger partial charge in [0.05, 0.1) is 62.1 Å². The Labute approximate surface area is 256 Å². The van der Waals surface area contributed by atoms with Crippen molar-refractivity contribution in [1.29, 1.82) is 0 Å². The summed E-state index contributed by atoms with van der Waals surface area (Å²) in [6.07, 6.45) is 2.63. The highest BCUT2D eigenvalue weighted by Crippen LogP contribution is 2.32. The van der Waals surface area contributed by atoms with Crippen LogP contribution in [0.3, 0.4) is 0 Å². The third-order valence-corrected chi connectivity index (χ3v) is 11.1. The molecule has 2 aliphatic rings. The van der Waals surface area contributed by atoms with E-state index in [1.807, 2.05) is 4.90 Å². The van der Waals surface area contributed by atoms with E-state index in [9.17, 15) is 30.8 Å². The predicted octanol–water partition coefficient (Wildman–Crippen LogP) is 2.99. The van der Waals surface area contributed by atoms with Gasteiger partial charge in [0.1, 0.15) is 17.2 Å². The molecule has 0 bridgehead atoms. The first-order chi connectivity index (χ1) is 20.2. The van der Waals surface area contributed by atoms with E-state index in [4.69, 9.17) is 23.2 Å². The molecule has 0 N–H and O–H groups in total. The number of carbonyl (C=O) groups is 2. The van der Waals surface area contributed by atoms with Crippen LogP contribution in [0.4, 0.5) is 16.0 Å². The maximum Gasteiger partial charge on any atom is 0.170 e. The summed E-state index contributed by atoms with van der Waals surface area (Å²) in [5.41, 5.74) is 1.52. The standard InChI is InChI=1S/C13H13ClFN3O3S.C13H14ClN3O3S/c1-8(19)9-6-10(14)12-11(15)7-16-18(12)13(9)17-2-4-22(20,21)5-3-17;1-9(18)10-8-11(14)12-2-3-15-17(12)13(10)16-4-6-21(19,20)7-5-16/h6-7H,2-5H2,1H3;2-3,8H,4-7H2,1H3. The molecule has 0 saturated carbocycles. The zero-order chi connectivity index (χ0) is 31.3. The van der Waals surface area contributed by atoms with Gasteiger partial charge in [0.25, 0.3) is 0 Å². The second-order valence-electron chi connectivity index (χ2n) is 10.2. The van der Waals surface area contributed by atoms with Crippen LogP contribution in [0.15, 0.2) is 30.6 Å². The van der Waals surface area contributed by atoms with Crippen LogP contribution in [0.2, 0.25) is 10.0 Å². The van der Waals surface area contributed by atoms with Crippen molar-refractivity contribution >= 4 is 77.1 Å². The van der Waals surface area contributed by atoms with Gasteiger partial charge in [-0.15, -0.1) is 0 Å². The van der Waals surface area contributed by atoms with Crippen molar-refractivity contribution in [3.05, 3.63) is 57.6 Å². The molecule has 0 aromatic carbocycles. The third-order valence-electron chi connectivity index (χ3n) is 7.31. The average Bonchev–Trinajstić information content (AvgIpc) is 3.58. The molecule has 0 radical (unpaired) electrons. The number of Topliss-reactive ketones (excluding diaryl/α,β-unsaturated/α-hetero) is 2. The van der Waals surface area contributed by atoms with Gasteiger partial charge in [-0.2, -0.15) is 10.2 Å². The Morgan fingerprint density at radius 3 is 1.72 bits per heavy atom. The second kappa shape index (κ2) is 11.7. The third kappa shape index (κ3) is 6.21. The molecular weight excluding hydrogens is 646 g/mol. The van der Waals surface area contributed by atoms with Crippen molar-refractivity contribution in [2.75, 3.05) is 59.0 Å². The highest BCUT2D eigenvalue weighted by Gasteiger charge is 2.29. The molecule has 17 heteroatoms. The van der Waals surface area contributed by atoms with Crippen molar-refractivity contribution in [1.82, 2.24) is 19.2 Å². The normalized spacial score (nSPS) is 18.0. The van der Waals surface area contributed by atoms with Gasteiger partial charge < -0.3 is 9.80 Å². The van der Waals surface area contributed by atoms with Gasteiger partial charge in [-0.25, -0.2) is 30.3 Å². The smallest absolute Gasteiger partial charge is 0.170 e. The van der Waals surface area contributed by atoms with Crippen LogP contribution in [0.5, 0.6) is 0 Å². The Hall–Kier alpha value is -3.27. The van der Waals surface area contributed by atoms with Crippen LogP contribution in [0.25, 0.3) is 11.0 Å². The zero-order valence-electron chi connectivity index (χ0n) is 23.1. The zero-order valence-corrected chi connectivity index (χ0v) is 26.3. The topological polar surface area (TPSA) is 143 Å². The van der Waals surface area contributed by atoms with E-state index in [-0.39, 0.29) is 58.2 Å². The molecule has 0 unspecified atom stereocenters. The lowest BCUT2D eigenvalue weighted by Crippen LogP contribution is -2.42. The predicted molar refractivity (Wildman–Crippen MR) is 162 cm³/mol. The van der Waals surface area contributed by atoms with E-state index < -0.39 is 25.5 Å². The molecule has 4 aromatic rings. The van der Waals surface area contributed by atoms with Gasteiger partial charge in [-0.05, 0) is 32.0 Å². The highest BCUT2D eigenvalue weighted by molar-refractivity contribution is 7.91. The molecule has 2 aliphatic heterocycles. The maximum atomic E-state index is 13.8. The van der Waals surface area contributed by atoms with E-state index in [1.165, 1.54) is 24.4 Å². The number of anilines is 2. The number of hydrogen-bond acceptors (Lipinski definition) is 10. The van der Waals surface area contributed by atoms with Crippen molar-refractivity contribution in [2.45, 2.75) is 13.8 Å². The summed E-state index contributed by atoms with van der Waals surface area (Å²) in [4.78, 5) is 27.4. The van der Waals surface area contributed by atoms with Crippen molar-refractivity contribution < 1.29 is 30.8 Å². The molecule has 2 saturated heterocycles. The number of halogens is 3. The Bertz CT molecular complexity index is 1970. The van der Waals surface area contributed by atoms with E-state index in [2.05, 4.69) is 10.2 Å². The molecule has 2 fully saturated rings. The summed E-state index contributed by atoms with van der Waals surface area (Å²) in [5, 5.41) is 8.71. The van der Waals surface area contributed by atoms with Crippen LogP contribution >= 0.6 is 23.2 Å². The first-order valence-corrected chi connectivity index (χ1v) is 17.5. The SMILES string of the molecule is CC(=O)c1cc(Cl)c2c(F)cnn2c1N1CCS(=O)(=O)CC1.CC(=O)c1cc(Cl)c2ccnn2c1N1CCS(=O)(=O)CC1. The number of rotatable bonds is 4. The molecule has 0 amide bonds. The number of ketones is 2. The van der Waals surface area contributed by atoms with Crippen molar-refractivity contribution in [3.63, 3.8) is 0 Å². The molecule has 0 atom stereocenters. The second-order valence-corrected chi connectivity index (χ2v) is 15.7. The summed E-state index contributed by atoms with van der Waals surface area (Å²) >= 11 is 12.2. The Morgan fingerprint density at radius 2 is 1.23 bits per heavy atom. The van der Waals surface area contributed by atoms with Gasteiger partial charge in [0, 0.05) is 26.2 Å². The maximum absolute atomic E-state index is 13.8. The van der Waals surface area contributed by atoms with Crippen LogP contribution in [0, 0.1) is 5.82 Å². The summed E-state index contributed by atoms with van der Waals surface area (Å²) in [6.45, 7) is 3.98. The number of aromatic nitrogens is 4. The Balaban J connectivity index is 0.000000171. The number of sulfone groups is 2. The van der Waals surface area contributed by atoms with E-state index in [0.717, 1.165) is 6.20 Å². The average molecular weight is 674 g/mol. The lowest BCUT2D eigenvalue weighted by atomic mass is 10.1. The lowest BCUT2D eigenvalue weighted by Gasteiger charge is -2.30. The first-order valence-electron chi connectivity index (χ1n) is 13.1. The van der Waals surface area contributed by atoms with Gasteiger partial charge >= 0.3 is 0 Å². The fourth-order valence-corrected chi connectivity index (χ4v) is 8.02. The summed E-state index contributed by atoms with van der Waals surface area (Å²) in [7, 11) is -6.06. The molecule has 230 valence electrons. The first kappa shape index (κ1) is 31.2. The summed E-state index contributed by atoms with van der Waals surface area (Å²) < 4.78 is 63.0. The van der Waals surface area contributed by atoms with Crippen LogP contribution < -0.4 is 9.80 Å². The number of nitrogens with zero attached hydrogens (tertiary/aromatic N) is 6. The fraction of sp³-hybridized carbons (Fsp3) is 0.385. The van der Waals surface area contributed by atoms with Crippen molar-refractivity contribution in [3.8, 4) is 0 Å². The molecule has 4 aromatic heterocycles.